The zero-order valence-corrected chi connectivity index (χ0v) is 21.4. The first kappa shape index (κ1) is 28.5. The summed E-state index contributed by atoms with van der Waals surface area (Å²) in [6.07, 6.45) is 1.26. The van der Waals surface area contributed by atoms with Crippen molar-refractivity contribution in [1.29, 1.82) is 0 Å². The highest BCUT2D eigenvalue weighted by atomic mass is 16.6. The first-order valence-electron chi connectivity index (χ1n) is 12.3. The standard InChI is InChI=1S/C27H35NO9/c1-18(2)22-17-36-27(32)28(22)26(31)25(33-3)24-23(30)12-11-20(37-24)10-7-13-34-16-21(14-29)35-15-19-8-5-4-6-9-19/h4-6,8-12,18,21-22,24-25,29H,7,13-17H2,1-3H3. The predicted octanol–water partition coefficient (Wildman–Crippen LogP) is 2.40. The van der Waals surface area contributed by atoms with E-state index < -0.39 is 42.1 Å². The monoisotopic (exact) mass is 517 g/mol. The summed E-state index contributed by atoms with van der Waals surface area (Å²) in [5, 5.41) is 9.53. The van der Waals surface area contributed by atoms with Gasteiger partial charge in [-0.05, 0) is 36.1 Å². The van der Waals surface area contributed by atoms with E-state index in [1.54, 1.807) is 6.08 Å². The molecule has 0 bridgehead atoms. The minimum atomic E-state index is -1.31. The highest BCUT2D eigenvalue weighted by Crippen LogP contribution is 2.25. The van der Waals surface area contributed by atoms with Gasteiger partial charge >= 0.3 is 6.09 Å². The summed E-state index contributed by atoms with van der Waals surface area (Å²) in [6, 6.07) is 9.20. The number of hydrogen-bond donors (Lipinski definition) is 1. The molecule has 4 atom stereocenters. The molecule has 2 aliphatic rings. The number of methoxy groups -OCH3 is 1. The molecule has 2 aliphatic heterocycles. The summed E-state index contributed by atoms with van der Waals surface area (Å²) in [5.41, 5.74) is 1.00. The predicted molar refractivity (Wildman–Crippen MR) is 132 cm³/mol. The molecule has 37 heavy (non-hydrogen) atoms. The summed E-state index contributed by atoms with van der Waals surface area (Å²) in [5.74, 6) is -0.763. The molecule has 10 heteroatoms. The number of allylic oxidation sites excluding steroid dienone is 1. The maximum atomic E-state index is 13.2. The van der Waals surface area contributed by atoms with Crippen LogP contribution in [0.1, 0.15) is 25.8 Å². The molecular weight excluding hydrogens is 482 g/mol. The lowest BCUT2D eigenvalue weighted by Crippen LogP contribution is -2.53. The number of imide groups is 1. The third kappa shape index (κ3) is 7.72. The van der Waals surface area contributed by atoms with E-state index in [-0.39, 0.29) is 25.7 Å². The SMILES string of the molecule is COC(C(=O)N1C(=O)OCC1C(C)C)C1OC(=CCCOCC(CO)OCc2ccccc2)C=CC1=O. The van der Waals surface area contributed by atoms with Gasteiger partial charge in [-0.1, -0.05) is 44.2 Å². The summed E-state index contributed by atoms with van der Waals surface area (Å²) in [7, 11) is 1.29. The molecule has 2 amide bonds. The Morgan fingerprint density at radius 3 is 2.65 bits per heavy atom. The van der Waals surface area contributed by atoms with E-state index in [0.717, 1.165) is 10.5 Å². The molecule has 1 fully saturated rings. The molecule has 0 aliphatic carbocycles. The van der Waals surface area contributed by atoms with Gasteiger partial charge in [-0.2, -0.15) is 0 Å². The molecule has 202 valence electrons. The largest absolute Gasteiger partial charge is 0.479 e. The number of cyclic esters (lactones) is 1. The molecule has 1 N–H and O–H groups in total. The van der Waals surface area contributed by atoms with Gasteiger partial charge in [-0.3, -0.25) is 9.59 Å². The Morgan fingerprint density at radius 1 is 1.22 bits per heavy atom. The Hall–Kier alpha value is -3.05. The first-order valence-corrected chi connectivity index (χ1v) is 12.3. The molecule has 1 aromatic carbocycles. The quantitative estimate of drug-likeness (QED) is 0.393. The molecule has 3 rings (SSSR count). The molecule has 1 aromatic rings. The Morgan fingerprint density at radius 2 is 1.97 bits per heavy atom. The average Bonchev–Trinajstić information content (AvgIpc) is 3.29. The average molecular weight is 518 g/mol. The van der Waals surface area contributed by atoms with Crippen LogP contribution in [0.5, 0.6) is 0 Å². The van der Waals surface area contributed by atoms with Crippen LogP contribution in [0, 0.1) is 5.92 Å². The molecule has 0 aromatic heterocycles. The van der Waals surface area contributed by atoms with Gasteiger partial charge in [0.25, 0.3) is 5.91 Å². The van der Waals surface area contributed by atoms with Crippen molar-refractivity contribution in [3.05, 3.63) is 59.9 Å². The fourth-order valence-electron chi connectivity index (χ4n) is 3.94. The van der Waals surface area contributed by atoms with Gasteiger partial charge in [0.05, 0.1) is 32.5 Å². The van der Waals surface area contributed by atoms with Crippen LogP contribution in [-0.2, 0) is 39.9 Å². The second kappa shape index (κ2) is 14.0. The molecule has 0 saturated carbocycles. The normalized spacial score (nSPS) is 22.3. The lowest BCUT2D eigenvalue weighted by molar-refractivity contribution is -0.154. The third-order valence-corrected chi connectivity index (χ3v) is 6.08. The lowest BCUT2D eigenvalue weighted by atomic mass is 10.0. The van der Waals surface area contributed by atoms with Crippen molar-refractivity contribution in [2.75, 3.05) is 33.5 Å². The van der Waals surface area contributed by atoms with Crippen LogP contribution < -0.4 is 0 Å². The van der Waals surface area contributed by atoms with E-state index >= 15 is 0 Å². The maximum absolute atomic E-state index is 13.2. The summed E-state index contributed by atoms with van der Waals surface area (Å²) in [4.78, 5) is 38.9. The van der Waals surface area contributed by atoms with Gasteiger partial charge in [0.2, 0.25) is 0 Å². The number of carbonyl (C=O) groups excluding carboxylic acids is 3. The lowest BCUT2D eigenvalue weighted by Gasteiger charge is -2.31. The van der Waals surface area contributed by atoms with Crippen LogP contribution in [0.3, 0.4) is 0 Å². The fourth-order valence-corrected chi connectivity index (χ4v) is 3.94. The van der Waals surface area contributed by atoms with Gasteiger partial charge in [0.1, 0.15) is 18.5 Å². The van der Waals surface area contributed by atoms with Gasteiger partial charge in [0.15, 0.2) is 18.0 Å². The zero-order valence-electron chi connectivity index (χ0n) is 21.4. The highest BCUT2D eigenvalue weighted by Gasteiger charge is 2.47. The Kier molecular flexibility index (Phi) is 10.8. The van der Waals surface area contributed by atoms with E-state index in [1.807, 2.05) is 44.2 Å². The van der Waals surface area contributed by atoms with Crippen LogP contribution in [0.2, 0.25) is 0 Å². The van der Waals surface area contributed by atoms with Crippen molar-refractivity contribution < 1.29 is 43.2 Å². The smallest absolute Gasteiger partial charge is 0.417 e. The van der Waals surface area contributed by atoms with E-state index in [0.29, 0.717) is 25.4 Å². The molecular formula is C27H35NO9. The number of hydrogen-bond acceptors (Lipinski definition) is 9. The van der Waals surface area contributed by atoms with Gasteiger partial charge < -0.3 is 28.8 Å². The van der Waals surface area contributed by atoms with Gasteiger partial charge in [-0.15, -0.1) is 0 Å². The van der Waals surface area contributed by atoms with Gasteiger partial charge in [0, 0.05) is 7.11 Å². The molecule has 4 unspecified atom stereocenters. The van der Waals surface area contributed by atoms with Crippen molar-refractivity contribution in [3.63, 3.8) is 0 Å². The Labute approximate surface area is 216 Å². The van der Waals surface area contributed by atoms with Crippen LogP contribution in [-0.4, -0.2) is 85.7 Å². The highest BCUT2D eigenvalue weighted by molar-refractivity contribution is 6.03. The fraction of sp³-hybridized carbons (Fsp3) is 0.519. The van der Waals surface area contributed by atoms with Crippen LogP contribution >= 0.6 is 0 Å². The summed E-state index contributed by atoms with van der Waals surface area (Å²) in [6.45, 7) is 4.60. The van der Waals surface area contributed by atoms with Crippen molar-refractivity contribution in [3.8, 4) is 0 Å². The van der Waals surface area contributed by atoms with Crippen molar-refractivity contribution in [1.82, 2.24) is 4.90 Å². The van der Waals surface area contributed by atoms with Crippen LogP contribution in [0.4, 0.5) is 4.79 Å². The Balaban J connectivity index is 1.50. The minimum absolute atomic E-state index is 0.0274. The van der Waals surface area contributed by atoms with Crippen LogP contribution in [0.25, 0.3) is 0 Å². The number of nitrogens with zero attached hydrogens (tertiary/aromatic N) is 1. The van der Waals surface area contributed by atoms with Crippen molar-refractivity contribution >= 4 is 17.8 Å². The topological polar surface area (TPSA) is 121 Å². The molecule has 2 heterocycles. The zero-order chi connectivity index (χ0) is 26.8. The van der Waals surface area contributed by atoms with Crippen LogP contribution in [0.15, 0.2) is 54.3 Å². The second-order valence-electron chi connectivity index (χ2n) is 9.10. The number of carbonyl (C=O) groups is 3. The van der Waals surface area contributed by atoms with E-state index in [1.165, 1.54) is 19.3 Å². The van der Waals surface area contributed by atoms with E-state index in [4.69, 9.17) is 23.7 Å². The molecule has 10 nitrogen and oxygen atoms in total. The number of rotatable bonds is 13. The van der Waals surface area contributed by atoms with E-state index in [2.05, 4.69) is 0 Å². The summed E-state index contributed by atoms with van der Waals surface area (Å²) >= 11 is 0. The third-order valence-electron chi connectivity index (χ3n) is 6.08. The molecule has 1 saturated heterocycles. The first-order chi connectivity index (χ1) is 17.8. The molecule has 0 radical (unpaired) electrons. The number of amides is 2. The molecule has 0 spiro atoms. The number of benzene rings is 1. The number of aliphatic hydroxyl groups is 1. The Bertz CT molecular complexity index is 975. The maximum Gasteiger partial charge on any atom is 0.417 e. The van der Waals surface area contributed by atoms with Crippen molar-refractivity contribution in [2.45, 2.75) is 51.2 Å². The number of ketones is 1. The van der Waals surface area contributed by atoms with Gasteiger partial charge in [-0.25, -0.2) is 9.69 Å². The van der Waals surface area contributed by atoms with E-state index in [9.17, 15) is 19.5 Å². The minimum Gasteiger partial charge on any atom is -0.479 e. The number of aliphatic hydroxyl groups excluding tert-OH is 1. The number of ether oxygens (including phenoxy) is 5. The van der Waals surface area contributed by atoms with Crippen molar-refractivity contribution in [2.24, 2.45) is 5.92 Å². The summed E-state index contributed by atoms with van der Waals surface area (Å²) < 4.78 is 27.5. The second-order valence-corrected chi connectivity index (χ2v) is 9.10.